The summed E-state index contributed by atoms with van der Waals surface area (Å²) in [5.41, 5.74) is 16.1. The van der Waals surface area contributed by atoms with E-state index in [0.717, 1.165) is 45.3 Å². The summed E-state index contributed by atoms with van der Waals surface area (Å²) in [6.07, 6.45) is -17.2. The number of rotatable bonds is 16. The third-order valence-electron chi connectivity index (χ3n) is 10.7. The highest BCUT2D eigenvalue weighted by Crippen LogP contribution is 2.50. The van der Waals surface area contributed by atoms with Gasteiger partial charge in [0.2, 0.25) is 5.95 Å². The topological polar surface area (TPSA) is 527 Å². The number of aliphatic hydroxyl groups is 4. The van der Waals surface area contributed by atoms with Crippen molar-refractivity contribution in [1.29, 1.82) is 0 Å². The lowest BCUT2D eigenvalue weighted by Crippen LogP contribution is -2.40. The molecule has 2 unspecified atom stereocenters. The van der Waals surface area contributed by atoms with E-state index in [-0.39, 0.29) is 51.1 Å². The lowest BCUT2D eigenvalue weighted by atomic mass is 10.1. The molecule has 368 valence electrons. The smallest absolute Gasteiger partial charge is 0.280 e. The third-order valence-corrected chi connectivity index (χ3v) is 13.1. The first-order valence-corrected chi connectivity index (χ1v) is 23.7. The predicted octanol–water partition coefficient (Wildman–Crippen LogP) is -6.73. The van der Waals surface area contributed by atoms with Gasteiger partial charge in [0.15, 0.2) is 52.8 Å². The van der Waals surface area contributed by atoms with Crippen LogP contribution in [-0.4, -0.2) is 154 Å². The number of imidazole rings is 3. The van der Waals surface area contributed by atoms with Crippen molar-refractivity contribution in [2.24, 2.45) is 0 Å². The lowest BCUT2D eigenvalue weighted by Gasteiger charge is -2.35. The third kappa shape index (κ3) is 9.11. The van der Waals surface area contributed by atoms with Gasteiger partial charge < -0.3 is 98.6 Å². The van der Waals surface area contributed by atoms with Crippen molar-refractivity contribution in [2.45, 2.75) is 73.6 Å². The van der Waals surface area contributed by atoms with Gasteiger partial charge in [0.25, 0.3) is 21.2 Å². The van der Waals surface area contributed by atoms with Crippen LogP contribution in [0.4, 0.5) is 17.6 Å². The molecule has 6 aromatic rings. The number of ether oxygens (including phenoxy) is 3. The highest BCUT2D eigenvalue weighted by atomic mass is 31.2. The SMILES string of the molecule is Nc1nc2c(ncn2[C@@H]2O[C@H](CO)[C@@H](OP(=O)([O-])OC[C@H]3O[C@@H](n4cnc5c(N)ncnc54)[C@H](O)[C@@H]3OP(=O)([O-])OC[C@H]3O[C@@H](n4cnc5c(N)ncnc54)[C@H](O)[C@@H]3OP(=O)([O-])[O-])[C@H]2O)c(=O)[nH]1. The molecule has 9 rings (SSSR count). The summed E-state index contributed by atoms with van der Waals surface area (Å²) in [7, 11) is -17.4. The maximum absolute atomic E-state index is 13.6. The van der Waals surface area contributed by atoms with Crippen molar-refractivity contribution < 1.29 is 90.5 Å². The van der Waals surface area contributed by atoms with Gasteiger partial charge in [-0.2, -0.15) is 4.98 Å². The number of anilines is 3. The average molecular weight is 1020 g/mol. The number of nitrogens with two attached hydrogens (primary N) is 3. The molecule has 3 aliphatic rings. The van der Waals surface area contributed by atoms with Gasteiger partial charge in [-0.25, -0.2) is 34.9 Å². The predicted molar refractivity (Wildman–Crippen MR) is 208 cm³/mol. The summed E-state index contributed by atoms with van der Waals surface area (Å²) in [4.78, 5) is 96.6. The van der Waals surface area contributed by atoms with E-state index in [1.165, 1.54) is 0 Å². The van der Waals surface area contributed by atoms with E-state index in [1.54, 1.807) is 0 Å². The number of aromatic nitrogens is 12. The van der Waals surface area contributed by atoms with E-state index in [0.29, 0.717) is 0 Å². The Morgan fingerprint density at radius 3 is 1.49 bits per heavy atom. The number of nitrogens with zero attached hydrogens (tertiary/aromatic N) is 11. The number of H-pyrrole nitrogens is 1. The van der Waals surface area contributed by atoms with E-state index >= 15 is 0 Å². The molecular formula is C30H34N15O20P3-4. The monoisotopic (exact) mass is 1020 g/mol. The minimum Gasteiger partial charge on any atom is -0.790 e. The summed E-state index contributed by atoms with van der Waals surface area (Å²) in [5.74, 6) is -0.536. The van der Waals surface area contributed by atoms with Crippen LogP contribution >= 0.6 is 23.5 Å². The zero-order valence-corrected chi connectivity index (χ0v) is 36.4. The number of phosphoric acid groups is 3. The van der Waals surface area contributed by atoms with Crippen molar-refractivity contribution in [2.75, 3.05) is 37.0 Å². The molecule has 0 aromatic carbocycles. The van der Waals surface area contributed by atoms with Gasteiger partial charge in [-0.05, 0) is 0 Å². The summed E-state index contributed by atoms with van der Waals surface area (Å²) < 4.78 is 84.0. The molecule has 68 heavy (non-hydrogen) atoms. The number of fused-ring (bicyclic) bond motifs is 3. The standard InChI is InChI=1S/C30H38N15O20P3/c31-21-12-23(36-4-34-21)43(6-38-12)27-16(48)19(63-66(51,52)53)10(61-27)2-58-68(56,57)65-20-11(62-28(17(20)49)44-7-39-13-22(32)35-5-37-24(13)44)3-59-67(54,55)64-18-9(1-46)60-29(15(18)47)45-8-40-14-25(45)41-30(33)42-26(14)50/h4-11,15-20,27-29,46-49H,1-3H2,(H,54,55)(H,56,57)(H2,31,34,36)(H2,32,35,37)(H2,51,52,53)(H3,33,41,42,50)/p-4/t9-,10-,11-,15-,16-,17-,18-,19-,20-,27-,28-,29-/m1/s1. The van der Waals surface area contributed by atoms with Crippen LogP contribution in [0, 0.1) is 0 Å². The highest BCUT2D eigenvalue weighted by molar-refractivity contribution is 7.46. The first kappa shape index (κ1) is 47.9. The van der Waals surface area contributed by atoms with Crippen LogP contribution in [0.1, 0.15) is 18.7 Å². The Morgan fingerprint density at radius 2 is 1.03 bits per heavy atom. The molecule has 11 N–H and O–H groups in total. The van der Waals surface area contributed by atoms with Gasteiger partial charge >= 0.3 is 0 Å². The molecule has 3 fully saturated rings. The fraction of sp³-hybridized carbons (Fsp3) is 0.500. The second-order valence-electron chi connectivity index (χ2n) is 14.9. The Hall–Kier alpha value is -5.10. The Bertz CT molecular complexity index is 3060. The van der Waals surface area contributed by atoms with Crippen molar-refractivity contribution >= 4 is 74.5 Å². The van der Waals surface area contributed by atoms with Crippen molar-refractivity contribution in [3.63, 3.8) is 0 Å². The molecule has 0 amide bonds. The average Bonchev–Trinajstić information content (AvgIpc) is 4.13. The second-order valence-corrected chi connectivity index (χ2v) is 18.8. The molecule has 14 atom stereocenters. The van der Waals surface area contributed by atoms with Crippen LogP contribution in [0.15, 0.2) is 36.4 Å². The minimum absolute atomic E-state index is 0.00807. The molecule has 0 radical (unpaired) electrons. The summed E-state index contributed by atoms with van der Waals surface area (Å²) in [6.45, 7) is -3.36. The largest absolute Gasteiger partial charge is 0.790 e. The van der Waals surface area contributed by atoms with Gasteiger partial charge in [-0.15, -0.1) is 0 Å². The molecule has 0 spiro atoms. The molecule has 3 saturated heterocycles. The molecule has 3 aliphatic heterocycles. The van der Waals surface area contributed by atoms with E-state index in [4.69, 9.17) is 49.5 Å². The van der Waals surface area contributed by atoms with Crippen molar-refractivity contribution in [3.8, 4) is 0 Å². The summed E-state index contributed by atoms with van der Waals surface area (Å²) in [5, 5.41) is 43.9. The number of aliphatic hydroxyl groups excluding tert-OH is 4. The van der Waals surface area contributed by atoms with Gasteiger partial charge in [-0.1, -0.05) is 0 Å². The number of nitrogen functional groups attached to an aromatic ring is 3. The van der Waals surface area contributed by atoms with E-state index in [1.807, 2.05) is 0 Å². The van der Waals surface area contributed by atoms with Crippen LogP contribution in [0.2, 0.25) is 0 Å². The number of aromatic amines is 1. The maximum atomic E-state index is 13.6. The van der Waals surface area contributed by atoms with Gasteiger partial charge in [0, 0.05) is 0 Å². The van der Waals surface area contributed by atoms with Gasteiger partial charge in [0.1, 0.15) is 78.6 Å². The van der Waals surface area contributed by atoms with Crippen LogP contribution in [0.3, 0.4) is 0 Å². The second kappa shape index (κ2) is 18.0. The summed E-state index contributed by atoms with van der Waals surface area (Å²) in [6, 6.07) is 0. The molecule has 0 bridgehead atoms. The lowest BCUT2D eigenvalue weighted by molar-refractivity contribution is -0.347. The van der Waals surface area contributed by atoms with Crippen LogP contribution in [-0.2, 0) is 50.5 Å². The molecule has 0 aliphatic carbocycles. The van der Waals surface area contributed by atoms with Crippen molar-refractivity contribution in [1.82, 2.24) is 58.6 Å². The van der Waals surface area contributed by atoms with Crippen molar-refractivity contribution in [3.05, 3.63) is 42.0 Å². The first-order chi connectivity index (χ1) is 32.1. The van der Waals surface area contributed by atoms with Crippen LogP contribution in [0.25, 0.3) is 33.5 Å². The van der Waals surface area contributed by atoms with Gasteiger partial charge in [-0.3, -0.25) is 32.6 Å². The molecule has 6 aromatic heterocycles. The van der Waals surface area contributed by atoms with Gasteiger partial charge in [0.05, 0.1) is 46.6 Å². The Morgan fingerprint density at radius 1 is 0.618 bits per heavy atom. The zero-order valence-electron chi connectivity index (χ0n) is 33.8. The maximum Gasteiger partial charge on any atom is 0.280 e. The van der Waals surface area contributed by atoms with E-state index in [9.17, 15) is 58.5 Å². The fourth-order valence-electron chi connectivity index (χ4n) is 7.73. The Balaban J connectivity index is 0.934. The fourth-order valence-corrected chi connectivity index (χ4v) is 10.2. The van der Waals surface area contributed by atoms with Crippen LogP contribution < -0.4 is 42.3 Å². The Kier molecular flexibility index (Phi) is 12.7. The highest BCUT2D eigenvalue weighted by Gasteiger charge is 2.51. The molecule has 9 heterocycles. The number of hydrogen-bond donors (Lipinski definition) is 8. The quantitative estimate of drug-likeness (QED) is 0.0418. The Labute approximate surface area is 375 Å². The molecule has 0 saturated carbocycles. The summed E-state index contributed by atoms with van der Waals surface area (Å²) >= 11 is 0. The number of hydrogen-bond acceptors (Lipinski definition) is 31. The zero-order chi connectivity index (χ0) is 48.6. The van der Waals surface area contributed by atoms with E-state index in [2.05, 4.69) is 49.4 Å². The van der Waals surface area contributed by atoms with Crippen LogP contribution in [0.5, 0.6) is 0 Å². The molecule has 38 heteroatoms. The molecular weight excluding hydrogens is 983 g/mol. The minimum atomic E-state index is -5.92. The molecule has 35 nitrogen and oxygen atoms in total. The van der Waals surface area contributed by atoms with E-state index < -0.39 is 122 Å². The number of nitrogens with one attached hydrogen (secondary N) is 1. The normalized spacial score (nSPS) is 30.7. The first-order valence-electron chi connectivity index (χ1n) is 19.3. The number of phosphoric ester groups is 3.